The molecule has 1 fully saturated rings. The monoisotopic (exact) mass is 303 g/mol. The summed E-state index contributed by atoms with van der Waals surface area (Å²) in [4.78, 5) is 0. The van der Waals surface area contributed by atoms with Gasteiger partial charge < -0.3 is 14.8 Å². The Balaban J connectivity index is 2.36. The van der Waals surface area contributed by atoms with Crippen molar-refractivity contribution in [2.75, 3.05) is 27.3 Å². The van der Waals surface area contributed by atoms with Crippen LogP contribution in [-0.4, -0.2) is 27.3 Å². The van der Waals surface area contributed by atoms with E-state index in [0.29, 0.717) is 12.2 Å². The second-order valence-corrected chi connectivity index (χ2v) is 5.28. The normalized spacial score (nSPS) is 19.4. The maximum Gasteiger partial charge on any atom is 0.416 e. The van der Waals surface area contributed by atoms with Gasteiger partial charge in [-0.25, -0.2) is 0 Å². The highest BCUT2D eigenvalue weighted by Gasteiger charge is 2.35. The van der Waals surface area contributed by atoms with Gasteiger partial charge in [-0.3, -0.25) is 0 Å². The maximum atomic E-state index is 13.2. The molecule has 1 saturated heterocycles. The van der Waals surface area contributed by atoms with Gasteiger partial charge in [0.25, 0.3) is 0 Å². The van der Waals surface area contributed by atoms with Gasteiger partial charge in [-0.1, -0.05) is 0 Å². The summed E-state index contributed by atoms with van der Waals surface area (Å²) in [5.41, 5.74) is -0.362. The second kappa shape index (κ2) is 6.56. The molecule has 1 heterocycles. The zero-order chi connectivity index (χ0) is 15.5. The first kappa shape index (κ1) is 15.9. The molecule has 0 aliphatic carbocycles. The quantitative estimate of drug-likeness (QED) is 0.926. The topological polar surface area (TPSA) is 30.5 Å². The number of piperidine rings is 1. The molecule has 0 spiro atoms. The Kier molecular flexibility index (Phi) is 4.98. The molecule has 0 aromatic heterocycles. The van der Waals surface area contributed by atoms with E-state index in [1.807, 2.05) is 0 Å². The first-order valence-corrected chi connectivity index (χ1v) is 6.98. The molecule has 0 saturated carbocycles. The van der Waals surface area contributed by atoms with Crippen molar-refractivity contribution in [3.05, 3.63) is 23.3 Å². The van der Waals surface area contributed by atoms with E-state index in [-0.39, 0.29) is 17.2 Å². The number of benzene rings is 1. The molecule has 1 aliphatic heterocycles. The Morgan fingerprint density at radius 2 is 1.86 bits per heavy atom. The summed E-state index contributed by atoms with van der Waals surface area (Å²) in [7, 11) is 2.76. The summed E-state index contributed by atoms with van der Waals surface area (Å²) >= 11 is 0. The highest BCUT2D eigenvalue weighted by Crippen LogP contribution is 2.40. The number of ether oxygens (including phenoxy) is 2. The fourth-order valence-corrected chi connectivity index (χ4v) is 2.76. The van der Waals surface area contributed by atoms with Gasteiger partial charge in [0, 0.05) is 0 Å². The molecule has 1 unspecified atom stereocenters. The van der Waals surface area contributed by atoms with Crippen molar-refractivity contribution in [3.63, 3.8) is 0 Å². The molecule has 118 valence electrons. The highest BCUT2D eigenvalue weighted by molar-refractivity contribution is 5.48. The molecule has 0 bridgehead atoms. The van der Waals surface area contributed by atoms with Gasteiger partial charge in [-0.15, -0.1) is 0 Å². The average molecular weight is 303 g/mol. The summed E-state index contributed by atoms with van der Waals surface area (Å²) in [6, 6.07) is 2.49. The minimum absolute atomic E-state index is 0.107. The van der Waals surface area contributed by atoms with Crippen LogP contribution >= 0.6 is 0 Å². The first-order chi connectivity index (χ1) is 9.95. The molecular weight excluding hydrogens is 283 g/mol. The molecule has 0 radical (unpaired) electrons. The van der Waals surface area contributed by atoms with Crippen LogP contribution < -0.4 is 14.8 Å². The van der Waals surface area contributed by atoms with Crippen molar-refractivity contribution in [2.45, 2.75) is 25.4 Å². The van der Waals surface area contributed by atoms with E-state index in [1.54, 1.807) is 0 Å². The van der Waals surface area contributed by atoms with Crippen LogP contribution in [0.25, 0.3) is 0 Å². The van der Waals surface area contributed by atoms with Crippen molar-refractivity contribution in [1.82, 2.24) is 5.32 Å². The van der Waals surface area contributed by atoms with Crippen LogP contribution in [0.3, 0.4) is 0 Å². The van der Waals surface area contributed by atoms with Gasteiger partial charge in [0.15, 0.2) is 11.5 Å². The van der Waals surface area contributed by atoms with Crippen LogP contribution in [0.5, 0.6) is 11.5 Å². The Morgan fingerprint density at radius 3 is 2.38 bits per heavy atom. The predicted molar refractivity (Wildman–Crippen MR) is 73.8 cm³/mol. The lowest BCUT2D eigenvalue weighted by molar-refractivity contribution is -0.138. The molecule has 21 heavy (non-hydrogen) atoms. The van der Waals surface area contributed by atoms with Crippen LogP contribution in [0.1, 0.15) is 24.0 Å². The van der Waals surface area contributed by atoms with Crippen LogP contribution in [0.15, 0.2) is 12.1 Å². The van der Waals surface area contributed by atoms with Gasteiger partial charge in [0.2, 0.25) is 0 Å². The number of alkyl halides is 3. The van der Waals surface area contributed by atoms with Gasteiger partial charge in [0.05, 0.1) is 19.8 Å². The number of hydrogen-bond donors (Lipinski definition) is 1. The molecule has 6 heteroatoms. The van der Waals surface area contributed by atoms with Crippen molar-refractivity contribution in [3.8, 4) is 11.5 Å². The fraction of sp³-hybridized carbons (Fsp3) is 0.600. The maximum absolute atomic E-state index is 13.2. The third-order valence-electron chi connectivity index (χ3n) is 3.82. The summed E-state index contributed by atoms with van der Waals surface area (Å²) in [5.74, 6) is 0.664. The lowest BCUT2D eigenvalue weighted by Crippen LogP contribution is -2.31. The molecule has 2 rings (SSSR count). The number of halogens is 3. The third-order valence-corrected chi connectivity index (χ3v) is 3.82. The van der Waals surface area contributed by atoms with Gasteiger partial charge in [-0.2, -0.15) is 13.2 Å². The Bertz CT molecular complexity index is 483. The van der Waals surface area contributed by atoms with E-state index < -0.39 is 11.7 Å². The average Bonchev–Trinajstić information content (AvgIpc) is 2.46. The lowest BCUT2D eigenvalue weighted by atomic mass is 9.90. The van der Waals surface area contributed by atoms with Crippen LogP contribution in [0.2, 0.25) is 0 Å². The van der Waals surface area contributed by atoms with E-state index in [2.05, 4.69) is 5.32 Å². The van der Waals surface area contributed by atoms with Crippen molar-refractivity contribution in [2.24, 2.45) is 5.92 Å². The van der Waals surface area contributed by atoms with Gasteiger partial charge in [0.1, 0.15) is 0 Å². The van der Waals surface area contributed by atoms with Crippen molar-refractivity contribution in [1.29, 1.82) is 0 Å². The lowest BCUT2D eigenvalue weighted by Gasteiger charge is -2.25. The standard InChI is InChI=1S/C15H20F3NO2/c1-20-13-7-11(6-10-4-3-5-19-9-10)12(15(16,17)18)8-14(13)21-2/h7-8,10,19H,3-6,9H2,1-2H3. The zero-order valence-electron chi connectivity index (χ0n) is 12.2. The summed E-state index contributed by atoms with van der Waals surface area (Å²) < 4.78 is 49.8. The SMILES string of the molecule is COc1cc(CC2CCCNC2)c(C(F)(F)F)cc1OC. The van der Waals surface area contributed by atoms with Crippen molar-refractivity contribution >= 4 is 0 Å². The Morgan fingerprint density at radius 1 is 1.19 bits per heavy atom. The molecule has 1 aromatic carbocycles. The molecule has 0 amide bonds. The van der Waals surface area contributed by atoms with Gasteiger partial charge >= 0.3 is 6.18 Å². The summed E-state index contributed by atoms with van der Waals surface area (Å²) in [6.45, 7) is 1.69. The summed E-state index contributed by atoms with van der Waals surface area (Å²) in [6.07, 6.45) is -2.06. The number of hydrogen-bond acceptors (Lipinski definition) is 3. The largest absolute Gasteiger partial charge is 0.493 e. The smallest absolute Gasteiger partial charge is 0.416 e. The van der Waals surface area contributed by atoms with E-state index >= 15 is 0 Å². The van der Waals surface area contributed by atoms with E-state index in [0.717, 1.165) is 32.0 Å². The van der Waals surface area contributed by atoms with Gasteiger partial charge in [-0.05, 0) is 56.0 Å². The van der Waals surface area contributed by atoms with E-state index in [4.69, 9.17) is 9.47 Å². The summed E-state index contributed by atoms with van der Waals surface area (Å²) in [5, 5.41) is 3.23. The molecule has 1 N–H and O–H groups in total. The molecule has 1 atom stereocenters. The number of nitrogens with one attached hydrogen (secondary N) is 1. The second-order valence-electron chi connectivity index (χ2n) is 5.28. The van der Waals surface area contributed by atoms with Crippen LogP contribution in [0.4, 0.5) is 13.2 Å². The zero-order valence-corrected chi connectivity index (χ0v) is 12.2. The van der Waals surface area contributed by atoms with Crippen molar-refractivity contribution < 1.29 is 22.6 Å². The number of rotatable bonds is 4. The predicted octanol–water partition coefficient (Wildman–Crippen LogP) is 3.26. The molecular formula is C15H20F3NO2. The van der Waals surface area contributed by atoms with Crippen LogP contribution in [0, 0.1) is 5.92 Å². The Labute approximate surface area is 122 Å². The highest BCUT2D eigenvalue weighted by atomic mass is 19.4. The van der Waals surface area contributed by atoms with E-state index in [1.165, 1.54) is 20.3 Å². The van der Waals surface area contributed by atoms with Crippen LogP contribution in [-0.2, 0) is 12.6 Å². The Hall–Kier alpha value is -1.43. The number of methoxy groups -OCH3 is 2. The first-order valence-electron chi connectivity index (χ1n) is 6.98. The molecule has 1 aromatic rings. The molecule has 1 aliphatic rings. The third kappa shape index (κ3) is 3.81. The fourth-order valence-electron chi connectivity index (χ4n) is 2.76. The van der Waals surface area contributed by atoms with E-state index in [9.17, 15) is 13.2 Å². The molecule has 3 nitrogen and oxygen atoms in total. The minimum atomic E-state index is -4.39. The minimum Gasteiger partial charge on any atom is -0.493 e.